The second kappa shape index (κ2) is 4.73. The number of hydrogen-bond acceptors (Lipinski definition) is 1. The van der Waals surface area contributed by atoms with Gasteiger partial charge in [-0.05, 0) is 19.4 Å². The normalized spacial score (nSPS) is 10.6. The Balaban J connectivity index is 2.06. The van der Waals surface area contributed by atoms with Gasteiger partial charge < -0.3 is 0 Å². The van der Waals surface area contributed by atoms with E-state index in [9.17, 15) is 0 Å². The standard InChI is InChI=1S/C17H16N2/c1-12-8-10-15(11-9-12)17-13(2)16(18-19-17)14-6-4-3-5-7-14/h3-11H,1-2H3,(H,18,19). The Hall–Kier alpha value is -2.35. The highest BCUT2D eigenvalue weighted by Crippen LogP contribution is 2.29. The summed E-state index contributed by atoms with van der Waals surface area (Å²) in [5.41, 5.74) is 6.90. The van der Waals surface area contributed by atoms with Gasteiger partial charge in [0.1, 0.15) is 0 Å². The van der Waals surface area contributed by atoms with Gasteiger partial charge in [-0.2, -0.15) is 5.10 Å². The van der Waals surface area contributed by atoms with E-state index in [1.807, 2.05) is 18.2 Å². The summed E-state index contributed by atoms with van der Waals surface area (Å²) in [7, 11) is 0. The molecule has 1 N–H and O–H groups in total. The van der Waals surface area contributed by atoms with Crippen molar-refractivity contribution in [3.63, 3.8) is 0 Å². The molecule has 1 aromatic heterocycles. The lowest BCUT2D eigenvalue weighted by atomic mass is 10.0. The lowest BCUT2D eigenvalue weighted by Crippen LogP contribution is -1.82. The highest BCUT2D eigenvalue weighted by Gasteiger charge is 2.11. The van der Waals surface area contributed by atoms with E-state index in [0.717, 1.165) is 17.0 Å². The largest absolute Gasteiger partial charge is 0.277 e. The number of hydrogen-bond donors (Lipinski definition) is 1. The smallest absolute Gasteiger partial charge is 0.0956 e. The highest BCUT2D eigenvalue weighted by atomic mass is 15.1. The molecule has 0 aliphatic carbocycles. The van der Waals surface area contributed by atoms with Gasteiger partial charge in [0.2, 0.25) is 0 Å². The van der Waals surface area contributed by atoms with Crippen molar-refractivity contribution < 1.29 is 0 Å². The van der Waals surface area contributed by atoms with Crippen molar-refractivity contribution in [2.45, 2.75) is 13.8 Å². The Kier molecular flexibility index (Phi) is 2.92. The molecule has 0 bridgehead atoms. The summed E-state index contributed by atoms with van der Waals surface area (Å²) in [5.74, 6) is 0. The predicted molar refractivity (Wildman–Crippen MR) is 78.9 cm³/mol. The van der Waals surface area contributed by atoms with Gasteiger partial charge in [0.15, 0.2) is 0 Å². The third-order valence-electron chi connectivity index (χ3n) is 3.40. The number of rotatable bonds is 2. The monoisotopic (exact) mass is 248 g/mol. The molecule has 0 amide bonds. The van der Waals surface area contributed by atoms with Crippen molar-refractivity contribution in [2.75, 3.05) is 0 Å². The summed E-state index contributed by atoms with van der Waals surface area (Å²) < 4.78 is 0. The van der Waals surface area contributed by atoms with E-state index in [1.165, 1.54) is 16.7 Å². The topological polar surface area (TPSA) is 28.7 Å². The van der Waals surface area contributed by atoms with Crippen molar-refractivity contribution in [2.24, 2.45) is 0 Å². The maximum absolute atomic E-state index is 4.46. The third-order valence-corrected chi connectivity index (χ3v) is 3.40. The van der Waals surface area contributed by atoms with Gasteiger partial charge in [-0.1, -0.05) is 60.2 Å². The summed E-state index contributed by atoms with van der Waals surface area (Å²) in [6.45, 7) is 4.21. The lowest BCUT2D eigenvalue weighted by Gasteiger charge is -2.01. The Bertz CT molecular complexity index is 679. The molecule has 0 fully saturated rings. The van der Waals surface area contributed by atoms with Gasteiger partial charge in [0.25, 0.3) is 0 Å². The van der Waals surface area contributed by atoms with Gasteiger partial charge >= 0.3 is 0 Å². The van der Waals surface area contributed by atoms with E-state index < -0.39 is 0 Å². The Morgan fingerprint density at radius 2 is 1.47 bits per heavy atom. The zero-order chi connectivity index (χ0) is 13.2. The second-order valence-electron chi connectivity index (χ2n) is 4.80. The highest BCUT2D eigenvalue weighted by molar-refractivity contribution is 5.73. The van der Waals surface area contributed by atoms with Crippen LogP contribution < -0.4 is 0 Å². The van der Waals surface area contributed by atoms with Gasteiger partial charge in [-0.15, -0.1) is 0 Å². The van der Waals surface area contributed by atoms with E-state index in [2.05, 4.69) is 60.4 Å². The minimum absolute atomic E-state index is 1.02. The number of nitrogens with one attached hydrogen (secondary N) is 1. The number of H-pyrrole nitrogens is 1. The van der Waals surface area contributed by atoms with E-state index in [0.29, 0.717) is 0 Å². The average Bonchev–Trinajstić information content (AvgIpc) is 2.83. The molecule has 2 aromatic carbocycles. The molecule has 2 heteroatoms. The van der Waals surface area contributed by atoms with Crippen molar-refractivity contribution in [3.8, 4) is 22.5 Å². The first-order valence-electron chi connectivity index (χ1n) is 6.43. The predicted octanol–water partition coefficient (Wildman–Crippen LogP) is 4.36. The first-order valence-corrected chi connectivity index (χ1v) is 6.43. The van der Waals surface area contributed by atoms with Crippen LogP contribution in [0.2, 0.25) is 0 Å². The van der Waals surface area contributed by atoms with Crippen LogP contribution >= 0.6 is 0 Å². The molecular formula is C17H16N2. The minimum atomic E-state index is 1.02. The summed E-state index contributed by atoms with van der Waals surface area (Å²) in [5, 5.41) is 7.62. The fourth-order valence-electron chi connectivity index (χ4n) is 2.28. The van der Waals surface area contributed by atoms with E-state index in [1.54, 1.807) is 0 Å². The summed E-state index contributed by atoms with van der Waals surface area (Å²) >= 11 is 0. The molecule has 0 spiro atoms. The van der Waals surface area contributed by atoms with Crippen LogP contribution in [0.5, 0.6) is 0 Å². The number of nitrogens with zero attached hydrogens (tertiary/aromatic N) is 1. The lowest BCUT2D eigenvalue weighted by molar-refractivity contribution is 1.10. The van der Waals surface area contributed by atoms with Gasteiger partial charge in [-0.25, -0.2) is 0 Å². The number of aryl methyl sites for hydroxylation is 1. The molecule has 0 radical (unpaired) electrons. The fraction of sp³-hybridized carbons (Fsp3) is 0.118. The molecule has 0 unspecified atom stereocenters. The first kappa shape index (κ1) is 11.7. The molecule has 0 atom stereocenters. The molecule has 0 aliphatic rings. The molecule has 0 saturated carbocycles. The molecule has 1 heterocycles. The van der Waals surface area contributed by atoms with Crippen LogP contribution in [-0.4, -0.2) is 10.2 Å². The van der Waals surface area contributed by atoms with Crippen LogP contribution in [0.3, 0.4) is 0 Å². The van der Waals surface area contributed by atoms with Crippen molar-refractivity contribution in [1.82, 2.24) is 10.2 Å². The molecule has 0 saturated heterocycles. The molecular weight excluding hydrogens is 232 g/mol. The summed E-state index contributed by atoms with van der Waals surface area (Å²) in [6, 6.07) is 18.8. The van der Waals surface area contributed by atoms with E-state index in [4.69, 9.17) is 0 Å². The SMILES string of the molecule is Cc1ccc(-c2[nH]nc(-c3ccccc3)c2C)cc1. The quantitative estimate of drug-likeness (QED) is 0.717. The zero-order valence-electron chi connectivity index (χ0n) is 11.1. The zero-order valence-corrected chi connectivity index (χ0v) is 11.1. The molecule has 0 aliphatic heterocycles. The molecule has 94 valence electrons. The van der Waals surface area contributed by atoms with Crippen LogP contribution in [0.25, 0.3) is 22.5 Å². The van der Waals surface area contributed by atoms with Crippen molar-refractivity contribution in [3.05, 3.63) is 65.7 Å². The number of benzene rings is 2. The van der Waals surface area contributed by atoms with Crippen LogP contribution in [0.15, 0.2) is 54.6 Å². The third kappa shape index (κ3) is 2.17. The average molecular weight is 248 g/mol. The fourth-order valence-corrected chi connectivity index (χ4v) is 2.28. The van der Waals surface area contributed by atoms with Crippen LogP contribution in [0.1, 0.15) is 11.1 Å². The minimum Gasteiger partial charge on any atom is -0.277 e. The second-order valence-corrected chi connectivity index (χ2v) is 4.80. The maximum Gasteiger partial charge on any atom is 0.0956 e. The molecule has 2 nitrogen and oxygen atoms in total. The molecule has 3 rings (SSSR count). The Morgan fingerprint density at radius 3 is 2.16 bits per heavy atom. The van der Waals surface area contributed by atoms with Crippen LogP contribution in [0, 0.1) is 13.8 Å². The van der Waals surface area contributed by atoms with Crippen LogP contribution in [0.4, 0.5) is 0 Å². The Morgan fingerprint density at radius 1 is 0.789 bits per heavy atom. The van der Waals surface area contributed by atoms with Gasteiger partial charge in [0, 0.05) is 11.1 Å². The summed E-state index contributed by atoms with van der Waals surface area (Å²) in [4.78, 5) is 0. The number of aromatic amines is 1. The van der Waals surface area contributed by atoms with Gasteiger partial charge in [0.05, 0.1) is 11.4 Å². The summed E-state index contributed by atoms with van der Waals surface area (Å²) in [6.07, 6.45) is 0. The first-order chi connectivity index (χ1) is 9.25. The van der Waals surface area contributed by atoms with Crippen molar-refractivity contribution in [1.29, 1.82) is 0 Å². The molecule has 19 heavy (non-hydrogen) atoms. The van der Waals surface area contributed by atoms with Gasteiger partial charge in [-0.3, -0.25) is 5.10 Å². The van der Waals surface area contributed by atoms with E-state index >= 15 is 0 Å². The van der Waals surface area contributed by atoms with Crippen molar-refractivity contribution >= 4 is 0 Å². The molecule has 3 aromatic rings. The van der Waals surface area contributed by atoms with Crippen LogP contribution in [-0.2, 0) is 0 Å². The number of aromatic nitrogens is 2. The maximum atomic E-state index is 4.46. The Labute approximate surface area is 113 Å². The van der Waals surface area contributed by atoms with E-state index in [-0.39, 0.29) is 0 Å².